The lowest BCUT2D eigenvalue weighted by atomic mass is 10.3. The van der Waals surface area contributed by atoms with Gasteiger partial charge in [-0.1, -0.05) is 23.9 Å². The maximum atomic E-state index is 10.6. The molecule has 0 fully saturated rings. The fourth-order valence-electron chi connectivity index (χ4n) is 1.54. The van der Waals surface area contributed by atoms with Gasteiger partial charge < -0.3 is 4.90 Å². The van der Waals surface area contributed by atoms with E-state index in [4.69, 9.17) is 8.74 Å². The van der Waals surface area contributed by atoms with Crippen molar-refractivity contribution in [3.63, 3.8) is 0 Å². The molecule has 2 atom stereocenters. The van der Waals surface area contributed by atoms with Crippen LogP contribution in [0.15, 0.2) is 29.2 Å². The van der Waals surface area contributed by atoms with Crippen molar-refractivity contribution in [3.8, 4) is 0 Å². The van der Waals surface area contributed by atoms with Crippen molar-refractivity contribution in [2.24, 2.45) is 0 Å². The first-order chi connectivity index (χ1) is 7.22. The van der Waals surface area contributed by atoms with E-state index < -0.39 is 16.9 Å². The first-order valence-electron chi connectivity index (χ1n) is 4.52. The number of para-hydroxylation sites is 1. The van der Waals surface area contributed by atoms with Crippen LogP contribution in [0.25, 0.3) is 0 Å². The van der Waals surface area contributed by atoms with E-state index in [1.165, 1.54) is 11.8 Å². The summed E-state index contributed by atoms with van der Waals surface area (Å²) in [5.41, 5.74) is 0.652. The van der Waals surface area contributed by atoms with E-state index >= 15 is 0 Å². The van der Waals surface area contributed by atoms with Crippen molar-refractivity contribution < 1.29 is 12.9 Å². The lowest BCUT2D eigenvalue weighted by Crippen LogP contribution is -2.31. The minimum atomic E-state index is -2.23. The summed E-state index contributed by atoms with van der Waals surface area (Å²) in [6.07, 6.45) is 0. The number of thioether (sulfide) groups is 1. The van der Waals surface area contributed by atoms with Gasteiger partial charge in [-0.05, 0) is 19.1 Å². The van der Waals surface area contributed by atoms with Gasteiger partial charge in [0.2, 0.25) is 5.56 Å². The van der Waals surface area contributed by atoms with Crippen LogP contribution in [0.2, 0.25) is 0 Å². The van der Waals surface area contributed by atoms with E-state index in [0.717, 1.165) is 17.1 Å². The van der Waals surface area contributed by atoms with Crippen LogP contribution in [-0.4, -0.2) is 20.9 Å². The monoisotopic (exact) mass is 245 g/mol. The minimum Gasteiger partial charge on any atom is -0.336 e. The van der Waals surface area contributed by atoms with Crippen LogP contribution in [-0.2, 0) is 15.5 Å². The molecule has 1 N–H and O–H groups in total. The number of fused-ring (bicyclic) bond motifs is 1. The Morgan fingerprint density at radius 3 is 3.00 bits per heavy atom. The lowest BCUT2D eigenvalue weighted by Gasteiger charge is -2.22. The van der Waals surface area contributed by atoms with Gasteiger partial charge in [0.15, 0.2) is 0 Å². The fraction of sp³-hybridized carbons (Fsp3) is 0.333. The van der Waals surface area contributed by atoms with Crippen LogP contribution >= 0.6 is 11.8 Å². The van der Waals surface area contributed by atoms with Gasteiger partial charge in [-0.15, -0.1) is 0 Å². The van der Waals surface area contributed by atoms with Crippen molar-refractivity contribution in [2.45, 2.75) is 17.4 Å². The second kappa shape index (κ2) is 4.52. The van der Waals surface area contributed by atoms with E-state index in [1.807, 2.05) is 36.1 Å². The summed E-state index contributed by atoms with van der Waals surface area (Å²) >= 11 is -0.781. The number of nitrogens with zero attached hydrogens (tertiary/aromatic N) is 1. The molecule has 82 valence electrons. The van der Waals surface area contributed by atoms with Crippen LogP contribution in [0.5, 0.6) is 0 Å². The molecule has 2 rings (SSSR count). The zero-order valence-electron chi connectivity index (χ0n) is 8.12. The third kappa shape index (κ3) is 2.17. The number of hydrogen-bond donors (Lipinski definition) is 1. The largest absolute Gasteiger partial charge is 0.336 e. The molecule has 1 aliphatic rings. The number of hydrogen-bond acceptors (Lipinski definition) is 4. The van der Waals surface area contributed by atoms with Gasteiger partial charge in [-0.3, -0.25) is 4.55 Å². The Morgan fingerprint density at radius 1 is 1.60 bits per heavy atom. The highest BCUT2D eigenvalue weighted by atomic mass is 32.2. The van der Waals surface area contributed by atoms with E-state index in [-0.39, 0.29) is 0 Å². The molecule has 2 unspecified atom stereocenters. The van der Waals surface area contributed by atoms with Crippen LogP contribution in [0.3, 0.4) is 0 Å². The van der Waals surface area contributed by atoms with Crippen LogP contribution in [0.1, 0.15) is 6.92 Å². The average Bonchev–Trinajstić information content (AvgIpc) is 2.53. The van der Waals surface area contributed by atoms with Crippen molar-refractivity contribution in [1.29, 1.82) is 0 Å². The molecule has 4 nitrogen and oxygen atoms in total. The highest BCUT2D eigenvalue weighted by Crippen LogP contribution is 2.43. The Hall–Kier alpha value is -0.560. The lowest BCUT2D eigenvalue weighted by molar-refractivity contribution is 0.279. The topological polar surface area (TPSA) is 49.8 Å². The summed E-state index contributed by atoms with van der Waals surface area (Å²) in [7, 11) is 0. The second-order valence-corrected chi connectivity index (χ2v) is 4.70. The fourth-order valence-corrected chi connectivity index (χ4v) is 3.22. The summed E-state index contributed by atoms with van der Waals surface area (Å²) in [6.45, 7) is 2.73. The van der Waals surface area contributed by atoms with E-state index in [1.54, 1.807) is 0 Å². The van der Waals surface area contributed by atoms with Crippen LogP contribution in [0.4, 0.5) is 5.69 Å². The highest BCUT2D eigenvalue weighted by Gasteiger charge is 2.30. The van der Waals surface area contributed by atoms with Crippen LogP contribution < -0.4 is 4.90 Å². The van der Waals surface area contributed by atoms with Crippen molar-refractivity contribution in [2.75, 3.05) is 11.4 Å². The van der Waals surface area contributed by atoms with Crippen molar-refractivity contribution >= 4 is 28.8 Å². The van der Waals surface area contributed by atoms with Crippen LogP contribution in [0, 0.1) is 0 Å². The van der Waals surface area contributed by atoms with Gasteiger partial charge in [-0.25, -0.2) is 4.18 Å². The SMILES string of the molecule is CCN1c2ccccc2SC1OS(=O)O. The molecular weight excluding hydrogens is 234 g/mol. The predicted molar refractivity (Wildman–Crippen MR) is 61.0 cm³/mol. The zero-order chi connectivity index (χ0) is 10.8. The molecule has 0 saturated carbocycles. The number of anilines is 1. The molecule has 0 spiro atoms. The molecule has 1 aromatic rings. The van der Waals surface area contributed by atoms with Gasteiger partial charge >= 0.3 is 11.4 Å². The molecular formula is C9H11NO3S2. The zero-order valence-corrected chi connectivity index (χ0v) is 9.75. The molecule has 0 aromatic heterocycles. The van der Waals surface area contributed by atoms with Gasteiger partial charge in [0.25, 0.3) is 0 Å². The van der Waals surface area contributed by atoms with E-state index in [9.17, 15) is 4.21 Å². The van der Waals surface area contributed by atoms with Crippen molar-refractivity contribution in [3.05, 3.63) is 24.3 Å². The van der Waals surface area contributed by atoms with E-state index in [2.05, 4.69) is 0 Å². The smallest absolute Gasteiger partial charge is 0.304 e. The molecule has 1 heterocycles. The van der Waals surface area contributed by atoms with Crippen molar-refractivity contribution in [1.82, 2.24) is 0 Å². The molecule has 0 radical (unpaired) electrons. The Kier molecular flexibility index (Phi) is 3.30. The Balaban J connectivity index is 2.24. The Bertz CT molecular complexity index is 385. The standard InChI is InChI=1S/C9H11NO3S2/c1-2-10-7-5-3-4-6-8(7)14-9(10)13-15(11)12/h3-6,9H,2H2,1H3,(H,11,12). The molecule has 0 saturated heterocycles. The van der Waals surface area contributed by atoms with E-state index in [0.29, 0.717) is 0 Å². The van der Waals surface area contributed by atoms with Gasteiger partial charge in [0.1, 0.15) is 0 Å². The first-order valence-corrected chi connectivity index (χ1v) is 6.44. The summed E-state index contributed by atoms with van der Waals surface area (Å²) in [4.78, 5) is 3.03. The van der Waals surface area contributed by atoms with Gasteiger partial charge in [0, 0.05) is 11.4 Å². The molecule has 0 amide bonds. The number of benzene rings is 1. The first kappa shape index (κ1) is 10.9. The molecule has 1 aliphatic heterocycles. The molecule has 0 bridgehead atoms. The normalized spacial score (nSPS) is 21.5. The maximum Gasteiger partial charge on any atom is 0.304 e. The Labute approximate surface area is 95.1 Å². The molecule has 0 aliphatic carbocycles. The molecule has 15 heavy (non-hydrogen) atoms. The third-order valence-electron chi connectivity index (χ3n) is 2.16. The minimum absolute atomic E-state index is 0.404. The molecule has 6 heteroatoms. The summed E-state index contributed by atoms with van der Waals surface area (Å²) in [6, 6.07) is 7.85. The maximum absolute atomic E-state index is 10.6. The highest BCUT2D eigenvalue weighted by molar-refractivity contribution is 8.00. The average molecular weight is 245 g/mol. The number of rotatable bonds is 3. The second-order valence-electron chi connectivity index (χ2n) is 2.99. The Morgan fingerprint density at radius 2 is 2.33 bits per heavy atom. The predicted octanol–water partition coefficient (Wildman–Crippen LogP) is 2.06. The molecule has 1 aromatic carbocycles. The quantitative estimate of drug-likeness (QED) is 0.826. The van der Waals surface area contributed by atoms with Gasteiger partial charge in [-0.2, -0.15) is 4.21 Å². The third-order valence-corrected chi connectivity index (χ3v) is 3.78. The summed E-state index contributed by atoms with van der Waals surface area (Å²) in [5, 5.41) is 0. The summed E-state index contributed by atoms with van der Waals surface area (Å²) < 4.78 is 24.2. The van der Waals surface area contributed by atoms with Gasteiger partial charge in [0.05, 0.1) is 5.69 Å². The summed E-state index contributed by atoms with van der Waals surface area (Å²) in [5.74, 6) is 0.